The fourth-order valence-corrected chi connectivity index (χ4v) is 5.97. The molecule has 0 saturated heterocycles. The number of hydrogen-bond acceptors (Lipinski definition) is 9. The molecule has 0 radical (unpaired) electrons. The Kier molecular flexibility index (Phi) is 41.8. The Bertz CT molecular complexity index is 1420. The summed E-state index contributed by atoms with van der Waals surface area (Å²) in [5.41, 5.74) is 0. The molecule has 344 valence electrons. The number of ether oxygens (including phenoxy) is 2. The van der Waals surface area contributed by atoms with E-state index in [-0.39, 0.29) is 19.4 Å². The van der Waals surface area contributed by atoms with Crippen molar-refractivity contribution in [2.75, 3.05) is 26.4 Å². The first-order valence-electron chi connectivity index (χ1n) is 22.5. The van der Waals surface area contributed by atoms with Gasteiger partial charge in [-0.2, -0.15) is 0 Å². The molecule has 3 atom stereocenters. The van der Waals surface area contributed by atoms with Crippen molar-refractivity contribution < 1.29 is 47.8 Å². The quantitative estimate of drug-likeness (QED) is 0.0235. The van der Waals surface area contributed by atoms with Crippen molar-refractivity contribution in [3.05, 3.63) is 122 Å². The van der Waals surface area contributed by atoms with Crippen LogP contribution >= 0.6 is 7.82 Å². The second kappa shape index (κ2) is 44.4. The molecule has 10 nitrogen and oxygen atoms in total. The van der Waals surface area contributed by atoms with Crippen LogP contribution in [0.15, 0.2) is 122 Å². The zero-order valence-corrected chi connectivity index (χ0v) is 38.2. The first kappa shape index (κ1) is 57.4. The van der Waals surface area contributed by atoms with Crippen molar-refractivity contribution in [3.63, 3.8) is 0 Å². The van der Waals surface area contributed by atoms with Crippen molar-refractivity contribution >= 4 is 19.8 Å². The van der Waals surface area contributed by atoms with E-state index >= 15 is 0 Å². The number of carbonyl (C=O) groups is 2. The Hall–Kier alpha value is -3.63. The van der Waals surface area contributed by atoms with Crippen LogP contribution in [-0.4, -0.2) is 65.7 Å². The van der Waals surface area contributed by atoms with E-state index in [1.54, 1.807) is 0 Å². The molecule has 0 aliphatic heterocycles. The molecule has 0 rings (SSSR count). The van der Waals surface area contributed by atoms with E-state index in [4.69, 9.17) is 19.1 Å². The van der Waals surface area contributed by atoms with E-state index < -0.39 is 51.8 Å². The smallest absolute Gasteiger partial charge is 0.462 e. The topological polar surface area (TPSA) is 149 Å². The van der Waals surface area contributed by atoms with Gasteiger partial charge in [-0.15, -0.1) is 0 Å². The van der Waals surface area contributed by atoms with Crippen LogP contribution in [0, 0.1) is 0 Å². The second-order valence-electron chi connectivity index (χ2n) is 14.3. The Morgan fingerprint density at radius 1 is 0.508 bits per heavy atom. The fourth-order valence-electron chi connectivity index (χ4n) is 5.18. The molecule has 61 heavy (non-hydrogen) atoms. The van der Waals surface area contributed by atoms with Crippen molar-refractivity contribution in [2.24, 2.45) is 0 Å². The van der Waals surface area contributed by atoms with Gasteiger partial charge in [-0.1, -0.05) is 155 Å². The van der Waals surface area contributed by atoms with Gasteiger partial charge in [0.25, 0.3) is 0 Å². The number of carbonyl (C=O) groups excluding carboxylic acids is 2. The highest BCUT2D eigenvalue weighted by molar-refractivity contribution is 7.47. The van der Waals surface area contributed by atoms with Gasteiger partial charge < -0.3 is 24.6 Å². The normalized spacial score (nSPS) is 14.9. The molecule has 0 heterocycles. The van der Waals surface area contributed by atoms with Crippen LogP contribution in [0.2, 0.25) is 0 Å². The highest BCUT2D eigenvalue weighted by Gasteiger charge is 2.27. The molecule has 0 saturated carbocycles. The second-order valence-corrected chi connectivity index (χ2v) is 15.8. The molecular weight excluding hydrogens is 792 g/mol. The van der Waals surface area contributed by atoms with Gasteiger partial charge in [-0.25, -0.2) is 4.57 Å². The van der Waals surface area contributed by atoms with Gasteiger partial charge >= 0.3 is 19.8 Å². The predicted octanol–water partition coefficient (Wildman–Crippen LogP) is 12.3. The third-order valence-electron chi connectivity index (χ3n) is 8.61. The zero-order chi connectivity index (χ0) is 44.8. The third-order valence-corrected chi connectivity index (χ3v) is 9.56. The summed E-state index contributed by atoms with van der Waals surface area (Å²) in [7, 11) is -4.66. The molecular formula is C50H79O10P. The monoisotopic (exact) mass is 871 g/mol. The lowest BCUT2D eigenvalue weighted by Crippen LogP contribution is -2.29. The van der Waals surface area contributed by atoms with Crippen LogP contribution < -0.4 is 0 Å². The van der Waals surface area contributed by atoms with Gasteiger partial charge in [0.15, 0.2) is 6.10 Å². The zero-order valence-electron chi connectivity index (χ0n) is 37.3. The number of esters is 2. The number of phosphoric ester groups is 1. The lowest BCUT2D eigenvalue weighted by molar-refractivity contribution is -0.161. The van der Waals surface area contributed by atoms with Gasteiger partial charge in [0, 0.05) is 12.8 Å². The van der Waals surface area contributed by atoms with E-state index in [0.29, 0.717) is 12.8 Å². The molecule has 1 unspecified atom stereocenters. The molecule has 0 aromatic heterocycles. The molecule has 0 amide bonds. The summed E-state index contributed by atoms with van der Waals surface area (Å²) in [5, 5.41) is 18.4. The van der Waals surface area contributed by atoms with Crippen molar-refractivity contribution in [3.8, 4) is 0 Å². The Morgan fingerprint density at radius 3 is 1.39 bits per heavy atom. The number of aliphatic hydroxyl groups is 2. The number of phosphoric acid groups is 1. The van der Waals surface area contributed by atoms with Crippen LogP contribution in [0.4, 0.5) is 0 Å². The number of rotatable bonds is 40. The van der Waals surface area contributed by atoms with Crippen LogP contribution in [0.5, 0.6) is 0 Å². The average molecular weight is 871 g/mol. The lowest BCUT2D eigenvalue weighted by atomic mass is 10.1. The molecule has 0 aliphatic carbocycles. The number of unbranched alkanes of at least 4 members (excludes halogenated alkanes) is 6. The summed E-state index contributed by atoms with van der Waals surface area (Å²) in [4.78, 5) is 35.0. The van der Waals surface area contributed by atoms with Crippen LogP contribution in [0.1, 0.15) is 142 Å². The summed E-state index contributed by atoms with van der Waals surface area (Å²) in [6, 6.07) is 0. The number of aliphatic hydroxyl groups excluding tert-OH is 2. The van der Waals surface area contributed by atoms with E-state index in [0.717, 1.165) is 77.0 Å². The molecule has 0 aromatic carbocycles. The first-order chi connectivity index (χ1) is 29.7. The van der Waals surface area contributed by atoms with Gasteiger partial charge in [-0.05, 0) is 96.3 Å². The third kappa shape index (κ3) is 44.2. The Labute approximate surface area is 368 Å². The van der Waals surface area contributed by atoms with E-state index in [1.165, 1.54) is 25.7 Å². The lowest BCUT2D eigenvalue weighted by Gasteiger charge is -2.20. The van der Waals surface area contributed by atoms with Gasteiger partial charge in [0.1, 0.15) is 12.7 Å². The molecule has 11 heteroatoms. The molecule has 0 aromatic rings. The molecule has 0 bridgehead atoms. The molecule has 0 fully saturated rings. The Balaban J connectivity index is 4.49. The van der Waals surface area contributed by atoms with E-state index in [9.17, 15) is 24.2 Å². The summed E-state index contributed by atoms with van der Waals surface area (Å²) < 4.78 is 32.6. The summed E-state index contributed by atoms with van der Waals surface area (Å²) in [6.07, 6.45) is 57.5. The maximum atomic E-state index is 12.6. The Morgan fingerprint density at radius 2 is 0.934 bits per heavy atom. The van der Waals surface area contributed by atoms with Crippen molar-refractivity contribution in [1.29, 1.82) is 0 Å². The minimum atomic E-state index is -4.66. The minimum Gasteiger partial charge on any atom is -0.462 e. The molecule has 3 N–H and O–H groups in total. The number of hydrogen-bond donors (Lipinski definition) is 3. The maximum absolute atomic E-state index is 12.6. The van der Waals surface area contributed by atoms with Crippen molar-refractivity contribution in [1.82, 2.24) is 0 Å². The fraction of sp³-hybridized carbons (Fsp3) is 0.560. The number of allylic oxidation sites excluding steroid dienone is 20. The van der Waals surface area contributed by atoms with Crippen LogP contribution in [0.3, 0.4) is 0 Å². The molecule has 0 aliphatic rings. The summed E-state index contributed by atoms with van der Waals surface area (Å²) >= 11 is 0. The minimum absolute atomic E-state index is 0.102. The van der Waals surface area contributed by atoms with Gasteiger partial charge in [0.2, 0.25) is 0 Å². The van der Waals surface area contributed by atoms with Crippen LogP contribution in [-0.2, 0) is 32.7 Å². The highest BCUT2D eigenvalue weighted by Crippen LogP contribution is 2.43. The SMILES string of the molecule is CC/C=C/C/C=C/C/C=C/C/C=C/C/C=C/CCCCCC(=O)O[C@H](COC(=O)CC/C=C/C/C=C/C/C=C/C/C=C/C/C=C/CCCCC)COP(=O)(O)OC[C@@H](O)CO. The largest absolute Gasteiger partial charge is 0.472 e. The van der Waals surface area contributed by atoms with E-state index in [1.807, 2.05) is 12.2 Å². The predicted molar refractivity (Wildman–Crippen MR) is 251 cm³/mol. The van der Waals surface area contributed by atoms with Crippen LogP contribution in [0.25, 0.3) is 0 Å². The average Bonchev–Trinajstić information content (AvgIpc) is 3.25. The standard InChI is InChI=1S/C50H79O10P/c1-3-5-7-9-11-13-15-17-19-21-23-25-27-29-31-33-35-37-39-41-49(53)57-45-48(46-59-61(55,56)58-44-47(52)43-51)60-50(54)42-40-38-36-34-32-30-28-26-24-22-20-18-16-14-12-10-8-6-4-2/h6,8,11-14,17-20,23-26,29-32,35,37,47-48,51-52H,3-5,7,9-10,15-16,21-22,27-28,33-34,36,38-46H2,1-2H3,(H,55,56)/b8-6+,13-11+,14-12+,19-17+,20-18+,25-23+,26-24+,31-29+,32-30+,37-35+/t47-,48+/m0/s1. The highest BCUT2D eigenvalue weighted by atomic mass is 31.2. The van der Waals surface area contributed by atoms with Gasteiger partial charge in [-0.3, -0.25) is 18.6 Å². The molecule has 0 spiro atoms. The first-order valence-corrected chi connectivity index (χ1v) is 24.0. The summed E-state index contributed by atoms with van der Waals surface area (Å²) in [5.74, 6) is -1.07. The summed E-state index contributed by atoms with van der Waals surface area (Å²) in [6.45, 7) is 2.09. The van der Waals surface area contributed by atoms with Gasteiger partial charge in [0.05, 0.1) is 19.8 Å². The van der Waals surface area contributed by atoms with Crippen molar-refractivity contribution in [2.45, 2.75) is 154 Å². The van der Waals surface area contributed by atoms with E-state index in [2.05, 4.69) is 128 Å². The maximum Gasteiger partial charge on any atom is 0.472 e.